The second-order valence-electron chi connectivity index (χ2n) is 16.5. The average Bonchev–Trinajstić information content (AvgIpc) is 3.62. The van der Waals surface area contributed by atoms with E-state index in [-0.39, 0.29) is 17.4 Å². The molecule has 0 radical (unpaired) electrons. The lowest BCUT2D eigenvalue weighted by atomic mass is 9.91. The lowest BCUT2D eigenvalue weighted by Crippen LogP contribution is -2.25. The molecule has 0 saturated heterocycles. The van der Waals surface area contributed by atoms with Crippen LogP contribution in [0.2, 0.25) is 0 Å². The molecule has 0 saturated carbocycles. The molecule has 8 aromatic rings. The summed E-state index contributed by atoms with van der Waals surface area (Å²) in [6.45, 7) is 11.0. The van der Waals surface area contributed by atoms with Crippen LogP contribution in [-0.2, 0) is 0 Å². The number of hydrogen-bond acceptors (Lipinski definition) is 6. The van der Waals surface area contributed by atoms with E-state index in [4.69, 9.17) is 9.97 Å². The van der Waals surface area contributed by atoms with Gasteiger partial charge in [-0.1, -0.05) is 167 Å². The first-order valence-corrected chi connectivity index (χ1v) is 21.4. The van der Waals surface area contributed by atoms with Gasteiger partial charge in [0, 0.05) is 11.1 Å². The standard InChI is InChI=1S/C57H46N6/c1-37(2)47-19-14-20-48(38(3)4)54(47)62-53(32-23-40(35-58)36-59)63(57-56(62)60-51-21-12-13-22-52(51)61-57)55-49(45-28-24-43(25-29-45)41-15-8-6-9-16-41)33-39(5)34-50(55)46-30-26-44(27-31-46)42-17-10-7-11-18-42/h6-34,37-38H,1-5H3/b53-32+. The smallest absolute Gasteiger partial charge is 0.183 e. The SMILES string of the molecule is Cc1cc(-c2ccc(-c3ccccc3)cc2)c(N2/C(=C/C=C(C#N)C#N)N(c3c(C(C)C)cccc3C(C)C)c3nc4ccccc4nc32)c(-c2ccc(-c3ccccc3)cc2)c1. The Labute approximate surface area is 370 Å². The van der Waals surface area contributed by atoms with Crippen LogP contribution in [0.1, 0.15) is 56.2 Å². The molecule has 1 aromatic heterocycles. The third-order valence-corrected chi connectivity index (χ3v) is 11.7. The van der Waals surface area contributed by atoms with Gasteiger partial charge in [-0.3, -0.25) is 9.80 Å². The van der Waals surface area contributed by atoms with Crippen molar-refractivity contribution in [3.63, 3.8) is 0 Å². The first-order chi connectivity index (χ1) is 30.7. The van der Waals surface area contributed by atoms with Gasteiger partial charge in [-0.05, 0) is 105 Å². The predicted octanol–water partition coefficient (Wildman–Crippen LogP) is 15.0. The highest BCUT2D eigenvalue weighted by atomic mass is 15.5. The zero-order valence-corrected chi connectivity index (χ0v) is 36.1. The van der Waals surface area contributed by atoms with Gasteiger partial charge in [0.05, 0.1) is 22.4 Å². The number of rotatable bonds is 9. The predicted molar refractivity (Wildman–Crippen MR) is 259 cm³/mol. The van der Waals surface area contributed by atoms with Crippen LogP contribution in [0.5, 0.6) is 0 Å². The maximum atomic E-state index is 10.1. The minimum absolute atomic E-state index is 0.0111. The quantitative estimate of drug-likeness (QED) is 0.135. The lowest BCUT2D eigenvalue weighted by molar-refractivity contribution is 0.827. The van der Waals surface area contributed by atoms with Crippen LogP contribution in [0.25, 0.3) is 55.5 Å². The minimum Gasteiger partial charge on any atom is -0.276 e. The van der Waals surface area contributed by atoms with Crippen LogP contribution in [-0.4, -0.2) is 9.97 Å². The summed E-state index contributed by atoms with van der Waals surface area (Å²) in [6, 6.07) is 61.5. The van der Waals surface area contributed by atoms with Crippen molar-refractivity contribution in [1.29, 1.82) is 10.5 Å². The summed E-state index contributed by atoms with van der Waals surface area (Å²) in [5, 5.41) is 20.2. The summed E-state index contributed by atoms with van der Waals surface area (Å²) >= 11 is 0. The first kappa shape index (κ1) is 40.4. The number of anilines is 4. The van der Waals surface area contributed by atoms with Gasteiger partial charge < -0.3 is 0 Å². The molecule has 0 bridgehead atoms. The fraction of sp³-hybridized carbons (Fsp3) is 0.123. The lowest BCUT2D eigenvalue weighted by Gasteiger charge is -2.32. The van der Waals surface area contributed by atoms with Gasteiger partial charge in [-0.25, -0.2) is 9.97 Å². The number of allylic oxidation sites excluding steroid dienone is 3. The number of nitriles is 2. The molecular formula is C57H46N6. The summed E-state index contributed by atoms with van der Waals surface area (Å²) in [4.78, 5) is 15.4. The van der Waals surface area contributed by atoms with Crippen molar-refractivity contribution in [2.24, 2.45) is 0 Å². The molecule has 0 fully saturated rings. The molecule has 304 valence electrons. The second-order valence-corrected chi connectivity index (χ2v) is 16.5. The average molecular weight is 815 g/mol. The second kappa shape index (κ2) is 17.1. The fourth-order valence-corrected chi connectivity index (χ4v) is 8.62. The topological polar surface area (TPSA) is 79.8 Å². The van der Waals surface area contributed by atoms with Crippen molar-refractivity contribution in [3.8, 4) is 56.6 Å². The van der Waals surface area contributed by atoms with Crippen molar-refractivity contribution in [3.05, 3.63) is 204 Å². The van der Waals surface area contributed by atoms with Gasteiger partial charge in [-0.15, -0.1) is 0 Å². The van der Waals surface area contributed by atoms with Gasteiger partial charge in [0.1, 0.15) is 23.5 Å². The molecule has 7 aromatic carbocycles. The van der Waals surface area contributed by atoms with Crippen LogP contribution in [0.15, 0.2) is 187 Å². The van der Waals surface area contributed by atoms with Crippen molar-refractivity contribution < 1.29 is 0 Å². The fourth-order valence-electron chi connectivity index (χ4n) is 8.62. The maximum absolute atomic E-state index is 10.1. The van der Waals surface area contributed by atoms with Crippen LogP contribution < -0.4 is 9.80 Å². The van der Waals surface area contributed by atoms with E-state index in [1.807, 2.05) is 42.5 Å². The molecule has 9 rings (SSSR count). The summed E-state index contributed by atoms with van der Waals surface area (Å²) < 4.78 is 0. The third-order valence-electron chi connectivity index (χ3n) is 11.7. The van der Waals surface area contributed by atoms with Gasteiger partial charge in [-0.2, -0.15) is 10.5 Å². The molecule has 6 nitrogen and oxygen atoms in total. The summed E-state index contributed by atoms with van der Waals surface area (Å²) in [7, 11) is 0. The number of fused-ring (bicyclic) bond motifs is 2. The maximum Gasteiger partial charge on any atom is 0.183 e. The molecule has 6 heteroatoms. The molecule has 0 unspecified atom stereocenters. The molecule has 0 N–H and O–H groups in total. The first-order valence-electron chi connectivity index (χ1n) is 21.4. The van der Waals surface area contributed by atoms with E-state index in [1.165, 1.54) is 0 Å². The van der Waals surface area contributed by atoms with Crippen LogP contribution >= 0.6 is 0 Å². The van der Waals surface area contributed by atoms with E-state index in [2.05, 4.69) is 184 Å². The van der Waals surface area contributed by atoms with Gasteiger partial charge in [0.25, 0.3) is 0 Å². The highest BCUT2D eigenvalue weighted by molar-refractivity contribution is 6.03. The largest absolute Gasteiger partial charge is 0.276 e. The molecular weight excluding hydrogens is 769 g/mol. The number of aryl methyl sites for hydroxylation is 1. The highest BCUT2D eigenvalue weighted by Gasteiger charge is 2.41. The zero-order chi connectivity index (χ0) is 43.6. The van der Waals surface area contributed by atoms with Crippen LogP contribution in [0.4, 0.5) is 23.0 Å². The van der Waals surface area contributed by atoms with Gasteiger partial charge >= 0.3 is 0 Å². The van der Waals surface area contributed by atoms with Crippen molar-refractivity contribution in [1.82, 2.24) is 9.97 Å². The Morgan fingerprint density at radius 2 is 0.889 bits per heavy atom. The summed E-state index contributed by atoms with van der Waals surface area (Å²) in [6.07, 6.45) is 3.51. The van der Waals surface area contributed by atoms with E-state index in [1.54, 1.807) is 6.08 Å². The molecule has 0 spiro atoms. The number of benzene rings is 7. The molecule has 0 amide bonds. The van der Waals surface area contributed by atoms with Crippen molar-refractivity contribution >= 4 is 34.0 Å². The Bertz CT molecular complexity index is 2990. The summed E-state index contributed by atoms with van der Waals surface area (Å²) in [5.41, 5.74) is 15.4. The zero-order valence-electron chi connectivity index (χ0n) is 36.1. The Morgan fingerprint density at radius 1 is 0.492 bits per heavy atom. The minimum atomic E-state index is -0.0111. The van der Waals surface area contributed by atoms with Gasteiger partial charge in [0.2, 0.25) is 0 Å². The Balaban J connectivity index is 1.39. The normalized spacial score (nSPS) is 12.7. The number of aromatic nitrogens is 2. The number of hydrogen-bond donors (Lipinski definition) is 0. The molecule has 2 heterocycles. The number of para-hydroxylation sites is 3. The Morgan fingerprint density at radius 3 is 1.32 bits per heavy atom. The van der Waals surface area contributed by atoms with Crippen LogP contribution in [0, 0.1) is 29.6 Å². The van der Waals surface area contributed by atoms with E-state index in [0.717, 1.165) is 83.6 Å². The Kier molecular flexibility index (Phi) is 11.0. The molecule has 0 atom stereocenters. The van der Waals surface area contributed by atoms with Gasteiger partial charge in [0.15, 0.2) is 11.6 Å². The molecule has 0 aliphatic carbocycles. The molecule has 1 aliphatic rings. The third kappa shape index (κ3) is 7.65. The summed E-state index contributed by atoms with van der Waals surface area (Å²) in [5.74, 6) is 2.32. The molecule has 63 heavy (non-hydrogen) atoms. The Hall–Kier alpha value is -8.06. The van der Waals surface area contributed by atoms with E-state index in [0.29, 0.717) is 17.5 Å². The molecule has 1 aliphatic heterocycles. The number of nitrogens with zero attached hydrogens (tertiary/aromatic N) is 6. The van der Waals surface area contributed by atoms with E-state index in [9.17, 15) is 10.5 Å². The highest BCUT2D eigenvalue weighted by Crippen LogP contribution is 2.55. The monoisotopic (exact) mass is 814 g/mol. The van der Waals surface area contributed by atoms with E-state index < -0.39 is 0 Å². The van der Waals surface area contributed by atoms with E-state index >= 15 is 0 Å². The van der Waals surface area contributed by atoms with Crippen molar-refractivity contribution in [2.45, 2.75) is 46.5 Å². The van der Waals surface area contributed by atoms with Crippen LogP contribution in [0.3, 0.4) is 0 Å². The van der Waals surface area contributed by atoms with Crippen molar-refractivity contribution in [2.75, 3.05) is 9.80 Å².